The van der Waals surface area contributed by atoms with Crippen LogP contribution in [0.4, 0.5) is 4.39 Å². The molecule has 4 heterocycles. The Balaban J connectivity index is 0.947. The first-order valence-electron chi connectivity index (χ1n) is 12.8. The Kier molecular flexibility index (Phi) is 6.75. The molecule has 6 rings (SSSR count). The lowest BCUT2D eigenvalue weighted by molar-refractivity contribution is -0.139. The van der Waals surface area contributed by atoms with E-state index in [0.717, 1.165) is 75.7 Å². The number of ether oxygens (including phenoxy) is 2. The van der Waals surface area contributed by atoms with Crippen LogP contribution < -0.4 is 9.47 Å². The van der Waals surface area contributed by atoms with E-state index in [1.807, 2.05) is 17.0 Å². The monoisotopic (exact) mass is 507 g/mol. The van der Waals surface area contributed by atoms with E-state index >= 15 is 0 Å². The summed E-state index contributed by atoms with van der Waals surface area (Å²) in [6, 6.07) is 12.1. The summed E-state index contributed by atoms with van der Waals surface area (Å²) in [5.74, 6) is 2.64. The molecular weight excluding hydrogens is 477 g/mol. The van der Waals surface area contributed by atoms with E-state index < -0.39 is 0 Å². The number of likely N-dealkylation sites (tertiary alicyclic amines) is 1. The van der Waals surface area contributed by atoms with Crippen molar-refractivity contribution in [2.24, 2.45) is 5.92 Å². The number of hydrogen-bond donors (Lipinski definition) is 0. The van der Waals surface area contributed by atoms with Gasteiger partial charge in [-0.1, -0.05) is 11.2 Å². The molecule has 1 aromatic heterocycles. The average molecular weight is 508 g/mol. The van der Waals surface area contributed by atoms with Gasteiger partial charge in [-0.05, 0) is 67.9 Å². The standard InChI is InChI=1S/C27H30FN5O4/c28-22-4-2-20(3-5-22)26-29-25(37-30-26)17-31-9-7-21(8-10-31)27(34)33-13-11-32(12-14-33)16-19-1-6-23-24(15-19)36-18-35-23/h1-6,15,21H,7-14,16-18H2. The van der Waals surface area contributed by atoms with Gasteiger partial charge < -0.3 is 18.9 Å². The summed E-state index contributed by atoms with van der Waals surface area (Å²) in [5, 5.41) is 4.02. The molecule has 2 saturated heterocycles. The van der Waals surface area contributed by atoms with Gasteiger partial charge in [-0.3, -0.25) is 14.6 Å². The minimum atomic E-state index is -0.298. The summed E-state index contributed by atoms with van der Waals surface area (Å²) in [7, 11) is 0. The largest absolute Gasteiger partial charge is 0.454 e. The Labute approximate surface area is 214 Å². The number of piperazine rings is 1. The van der Waals surface area contributed by atoms with E-state index in [2.05, 4.69) is 26.0 Å². The van der Waals surface area contributed by atoms with Gasteiger partial charge in [0.1, 0.15) is 5.82 Å². The van der Waals surface area contributed by atoms with E-state index in [9.17, 15) is 9.18 Å². The molecule has 2 aromatic carbocycles. The average Bonchev–Trinajstić information content (AvgIpc) is 3.59. The molecule has 0 unspecified atom stereocenters. The van der Waals surface area contributed by atoms with Gasteiger partial charge in [0.2, 0.25) is 24.4 Å². The van der Waals surface area contributed by atoms with Crippen molar-refractivity contribution < 1.29 is 23.2 Å². The third kappa shape index (κ3) is 5.45. The van der Waals surface area contributed by atoms with Crippen molar-refractivity contribution in [1.82, 2.24) is 24.8 Å². The first kappa shape index (κ1) is 23.9. The van der Waals surface area contributed by atoms with Gasteiger partial charge in [0, 0.05) is 44.2 Å². The van der Waals surface area contributed by atoms with Crippen LogP contribution in [0.2, 0.25) is 0 Å². The van der Waals surface area contributed by atoms with Crippen molar-refractivity contribution in [2.45, 2.75) is 25.9 Å². The van der Waals surface area contributed by atoms with E-state index in [1.165, 1.54) is 17.7 Å². The van der Waals surface area contributed by atoms with Crippen LogP contribution in [0.5, 0.6) is 11.5 Å². The molecule has 37 heavy (non-hydrogen) atoms. The normalized spacial score (nSPS) is 18.9. The van der Waals surface area contributed by atoms with Gasteiger partial charge in [0.25, 0.3) is 0 Å². The Hall–Kier alpha value is -3.50. The maximum Gasteiger partial charge on any atom is 0.241 e. The molecule has 0 spiro atoms. The van der Waals surface area contributed by atoms with Crippen LogP contribution in [0.1, 0.15) is 24.3 Å². The van der Waals surface area contributed by atoms with Gasteiger partial charge in [-0.2, -0.15) is 4.98 Å². The molecule has 2 fully saturated rings. The van der Waals surface area contributed by atoms with Crippen LogP contribution in [-0.4, -0.2) is 76.8 Å². The number of rotatable bonds is 6. The first-order valence-corrected chi connectivity index (χ1v) is 12.8. The van der Waals surface area contributed by atoms with E-state index in [4.69, 9.17) is 14.0 Å². The SMILES string of the molecule is O=C(C1CCN(Cc2nc(-c3ccc(F)cc3)no2)CC1)N1CCN(Cc2ccc3c(c2)OCO3)CC1. The number of fused-ring (bicyclic) bond motifs is 1. The van der Waals surface area contributed by atoms with Crippen LogP contribution in [-0.2, 0) is 17.9 Å². The summed E-state index contributed by atoms with van der Waals surface area (Å²) in [4.78, 5) is 24.3. The fraction of sp³-hybridized carbons (Fsp3) is 0.444. The molecule has 1 amide bonds. The van der Waals surface area contributed by atoms with Crippen LogP contribution >= 0.6 is 0 Å². The fourth-order valence-electron chi connectivity index (χ4n) is 5.25. The van der Waals surface area contributed by atoms with E-state index in [-0.39, 0.29) is 24.4 Å². The molecule has 3 aromatic rings. The van der Waals surface area contributed by atoms with Crippen molar-refractivity contribution in [2.75, 3.05) is 46.1 Å². The summed E-state index contributed by atoms with van der Waals surface area (Å²) < 4.78 is 29.4. The summed E-state index contributed by atoms with van der Waals surface area (Å²) >= 11 is 0. The van der Waals surface area contributed by atoms with Crippen molar-refractivity contribution in [3.8, 4) is 22.9 Å². The number of piperidine rings is 1. The van der Waals surface area contributed by atoms with Gasteiger partial charge in [-0.25, -0.2) is 4.39 Å². The zero-order valence-corrected chi connectivity index (χ0v) is 20.6. The lowest BCUT2D eigenvalue weighted by Crippen LogP contribution is -2.51. The number of halogens is 1. The molecule has 0 radical (unpaired) electrons. The van der Waals surface area contributed by atoms with Crippen molar-refractivity contribution in [3.05, 3.63) is 59.7 Å². The van der Waals surface area contributed by atoms with Gasteiger partial charge >= 0.3 is 0 Å². The molecule has 194 valence electrons. The highest BCUT2D eigenvalue weighted by molar-refractivity contribution is 5.79. The summed E-state index contributed by atoms with van der Waals surface area (Å²) in [5.41, 5.74) is 1.92. The van der Waals surface area contributed by atoms with Crippen LogP contribution in [0.15, 0.2) is 47.0 Å². The molecule has 0 atom stereocenters. The molecule has 3 aliphatic rings. The molecular formula is C27H30FN5O4. The molecule has 10 heteroatoms. The highest BCUT2D eigenvalue weighted by Crippen LogP contribution is 2.33. The maximum atomic E-state index is 13.2. The Bertz CT molecular complexity index is 1230. The Morgan fingerprint density at radius 1 is 0.892 bits per heavy atom. The third-order valence-electron chi connectivity index (χ3n) is 7.39. The van der Waals surface area contributed by atoms with E-state index in [0.29, 0.717) is 18.3 Å². The number of amides is 1. The zero-order chi connectivity index (χ0) is 25.2. The second kappa shape index (κ2) is 10.5. The first-order chi connectivity index (χ1) is 18.1. The Morgan fingerprint density at radius 2 is 1.62 bits per heavy atom. The quantitative estimate of drug-likeness (QED) is 0.503. The second-order valence-electron chi connectivity index (χ2n) is 9.86. The molecule has 0 aliphatic carbocycles. The highest BCUT2D eigenvalue weighted by atomic mass is 19.1. The van der Waals surface area contributed by atoms with Crippen molar-refractivity contribution in [3.63, 3.8) is 0 Å². The fourth-order valence-corrected chi connectivity index (χ4v) is 5.25. The second-order valence-corrected chi connectivity index (χ2v) is 9.86. The smallest absolute Gasteiger partial charge is 0.241 e. The molecule has 0 N–H and O–H groups in total. The third-order valence-corrected chi connectivity index (χ3v) is 7.39. The number of benzene rings is 2. The molecule has 0 saturated carbocycles. The number of aromatic nitrogens is 2. The van der Waals surface area contributed by atoms with Crippen molar-refractivity contribution >= 4 is 5.91 Å². The van der Waals surface area contributed by atoms with Crippen LogP contribution in [0.25, 0.3) is 11.4 Å². The van der Waals surface area contributed by atoms with Gasteiger partial charge in [-0.15, -0.1) is 0 Å². The number of carbonyl (C=O) groups is 1. The van der Waals surface area contributed by atoms with Crippen molar-refractivity contribution in [1.29, 1.82) is 0 Å². The predicted molar refractivity (Wildman–Crippen MR) is 132 cm³/mol. The lowest BCUT2D eigenvalue weighted by Gasteiger charge is -2.38. The summed E-state index contributed by atoms with van der Waals surface area (Å²) in [6.45, 7) is 6.56. The minimum Gasteiger partial charge on any atom is -0.454 e. The summed E-state index contributed by atoms with van der Waals surface area (Å²) in [6.07, 6.45) is 1.66. The number of hydrogen-bond acceptors (Lipinski definition) is 8. The predicted octanol–water partition coefficient (Wildman–Crippen LogP) is 3.16. The minimum absolute atomic E-state index is 0.0640. The number of carbonyl (C=O) groups excluding carboxylic acids is 1. The van der Waals surface area contributed by atoms with Crippen LogP contribution in [0, 0.1) is 11.7 Å². The van der Waals surface area contributed by atoms with Gasteiger partial charge in [0.05, 0.1) is 6.54 Å². The zero-order valence-electron chi connectivity index (χ0n) is 20.6. The van der Waals surface area contributed by atoms with Gasteiger partial charge in [0.15, 0.2) is 11.5 Å². The van der Waals surface area contributed by atoms with E-state index in [1.54, 1.807) is 12.1 Å². The Morgan fingerprint density at radius 3 is 2.41 bits per heavy atom. The lowest BCUT2D eigenvalue weighted by atomic mass is 9.95. The maximum absolute atomic E-state index is 13.2. The molecule has 3 aliphatic heterocycles. The molecule has 0 bridgehead atoms. The highest BCUT2D eigenvalue weighted by Gasteiger charge is 2.31. The number of nitrogens with zero attached hydrogens (tertiary/aromatic N) is 5. The topological polar surface area (TPSA) is 84.2 Å². The molecule has 9 nitrogen and oxygen atoms in total. The van der Waals surface area contributed by atoms with Crippen LogP contribution in [0.3, 0.4) is 0 Å².